The van der Waals surface area contributed by atoms with Gasteiger partial charge in [-0.1, -0.05) is 129 Å². The Labute approximate surface area is 182 Å². The van der Waals surface area contributed by atoms with Crippen LogP contribution in [0.15, 0.2) is 0 Å². The first-order valence-electron chi connectivity index (χ1n) is 13.3. The summed E-state index contributed by atoms with van der Waals surface area (Å²) in [6.07, 6.45) is 30.3. The van der Waals surface area contributed by atoms with Crippen LogP contribution >= 0.6 is 0 Å². The summed E-state index contributed by atoms with van der Waals surface area (Å²) in [5.74, 6) is 1.94. The van der Waals surface area contributed by atoms with E-state index in [-0.39, 0.29) is 5.97 Å². The van der Waals surface area contributed by atoms with E-state index >= 15 is 0 Å². The smallest absolute Gasteiger partial charge is 0.305 e. The quantitative estimate of drug-likeness (QED) is 0.132. The molecule has 0 aliphatic heterocycles. The van der Waals surface area contributed by atoms with E-state index in [1.165, 1.54) is 136 Å². The van der Waals surface area contributed by atoms with Crippen molar-refractivity contribution in [3.8, 4) is 0 Å². The molecule has 0 spiro atoms. The standard InChI is InChI=1S/C27H52O2/c1-3-4-5-6-7-8-9-10-11-12-13-14-15-16-17-18-21-25-24-26(25)22-19-20-23-27(28)29-2/h25-26H,3-24H2,1-2H3/t25-,26+/m0/s1. The molecule has 1 saturated carbocycles. The average molecular weight is 409 g/mol. The van der Waals surface area contributed by atoms with Gasteiger partial charge in [0.15, 0.2) is 0 Å². The summed E-state index contributed by atoms with van der Waals surface area (Å²) in [5, 5.41) is 0. The largest absolute Gasteiger partial charge is 0.469 e. The number of carbonyl (C=O) groups excluding carboxylic acids is 1. The highest BCUT2D eigenvalue weighted by molar-refractivity contribution is 5.68. The zero-order chi connectivity index (χ0) is 21.0. The van der Waals surface area contributed by atoms with Crippen LogP contribution in [0.5, 0.6) is 0 Å². The molecule has 0 amide bonds. The van der Waals surface area contributed by atoms with E-state index in [0.29, 0.717) is 6.42 Å². The molecule has 1 fully saturated rings. The van der Waals surface area contributed by atoms with Gasteiger partial charge in [0.2, 0.25) is 0 Å². The summed E-state index contributed by atoms with van der Waals surface area (Å²) in [4.78, 5) is 11.1. The molecule has 0 unspecified atom stereocenters. The van der Waals surface area contributed by atoms with Crippen LogP contribution in [0.3, 0.4) is 0 Å². The minimum atomic E-state index is -0.0505. The molecule has 0 aromatic rings. The number of hydrogen-bond acceptors (Lipinski definition) is 2. The normalized spacial score (nSPS) is 18.1. The predicted molar refractivity (Wildman–Crippen MR) is 126 cm³/mol. The van der Waals surface area contributed by atoms with Crippen molar-refractivity contribution in [1.82, 2.24) is 0 Å². The van der Waals surface area contributed by atoms with E-state index in [1.807, 2.05) is 0 Å². The summed E-state index contributed by atoms with van der Waals surface area (Å²) < 4.78 is 4.70. The SMILES string of the molecule is CCCCCCCCCCCCCCCCCC[C@H]1C[C@H]1CCCCC(=O)OC. The van der Waals surface area contributed by atoms with Gasteiger partial charge in [-0.05, 0) is 24.7 Å². The fraction of sp³-hybridized carbons (Fsp3) is 0.963. The summed E-state index contributed by atoms with van der Waals surface area (Å²) in [5.41, 5.74) is 0. The van der Waals surface area contributed by atoms with Crippen molar-refractivity contribution in [1.29, 1.82) is 0 Å². The molecule has 1 aliphatic rings. The highest BCUT2D eigenvalue weighted by atomic mass is 16.5. The maximum Gasteiger partial charge on any atom is 0.305 e. The van der Waals surface area contributed by atoms with E-state index in [9.17, 15) is 4.79 Å². The molecule has 0 aromatic heterocycles. The highest BCUT2D eigenvalue weighted by Gasteiger charge is 2.35. The van der Waals surface area contributed by atoms with Gasteiger partial charge in [0.05, 0.1) is 7.11 Å². The first-order valence-corrected chi connectivity index (χ1v) is 13.3. The zero-order valence-corrected chi connectivity index (χ0v) is 20.0. The predicted octanol–water partition coefficient (Wildman–Crippen LogP) is 9.01. The van der Waals surface area contributed by atoms with Crippen LogP contribution < -0.4 is 0 Å². The van der Waals surface area contributed by atoms with E-state index in [2.05, 4.69) is 6.92 Å². The van der Waals surface area contributed by atoms with Crippen molar-refractivity contribution in [3.63, 3.8) is 0 Å². The molecule has 1 rings (SSSR count). The second kappa shape index (κ2) is 19.4. The van der Waals surface area contributed by atoms with Gasteiger partial charge in [-0.2, -0.15) is 0 Å². The average Bonchev–Trinajstić information content (AvgIpc) is 3.48. The van der Waals surface area contributed by atoms with Crippen LogP contribution in [0.4, 0.5) is 0 Å². The molecular formula is C27H52O2. The Morgan fingerprint density at radius 3 is 1.41 bits per heavy atom. The lowest BCUT2D eigenvalue weighted by molar-refractivity contribution is -0.140. The van der Waals surface area contributed by atoms with Gasteiger partial charge in [-0.25, -0.2) is 0 Å². The van der Waals surface area contributed by atoms with E-state index in [0.717, 1.165) is 18.3 Å². The van der Waals surface area contributed by atoms with Crippen molar-refractivity contribution < 1.29 is 9.53 Å². The lowest BCUT2D eigenvalue weighted by Crippen LogP contribution is -1.99. The van der Waals surface area contributed by atoms with Gasteiger partial charge in [0.25, 0.3) is 0 Å². The minimum absolute atomic E-state index is 0.0505. The topological polar surface area (TPSA) is 26.3 Å². The van der Waals surface area contributed by atoms with Crippen LogP contribution in [0.25, 0.3) is 0 Å². The van der Waals surface area contributed by atoms with Crippen molar-refractivity contribution in [2.24, 2.45) is 11.8 Å². The summed E-state index contributed by atoms with van der Waals surface area (Å²) in [7, 11) is 1.48. The van der Waals surface area contributed by atoms with Crippen LogP contribution in [0.1, 0.15) is 148 Å². The second-order valence-electron chi connectivity index (χ2n) is 9.67. The second-order valence-corrected chi connectivity index (χ2v) is 9.67. The van der Waals surface area contributed by atoms with Crippen molar-refractivity contribution in [3.05, 3.63) is 0 Å². The lowest BCUT2D eigenvalue weighted by atomic mass is 10.0. The number of ether oxygens (including phenoxy) is 1. The Bertz CT molecular complexity index is 366. The lowest BCUT2D eigenvalue weighted by Gasteiger charge is -2.04. The molecule has 0 N–H and O–H groups in total. The van der Waals surface area contributed by atoms with Crippen molar-refractivity contribution >= 4 is 5.97 Å². The third-order valence-electron chi connectivity index (χ3n) is 6.93. The number of methoxy groups -OCH3 is 1. The molecule has 29 heavy (non-hydrogen) atoms. The highest BCUT2D eigenvalue weighted by Crippen LogP contribution is 2.45. The zero-order valence-electron chi connectivity index (χ0n) is 20.0. The Hall–Kier alpha value is -0.530. The van der Waals surface area contributed by atoms with E-state index in [4.69, 9.17) is 4.74 Å². The van der Waals surface area contributed by atoms with Gasteiger partial charge in [-0.15, -0.1) is 0 Å². The molecule has 0 aromatic carbocycles. The molecule has 0 saturated heterocycles. The number of unbranched alkanes of at least 4 members (excludes halogenated alkanes) is 16. The van der Waals surface area contributed by atoms with Crippen LogP contribution in [-0.4, -0.2) is 13.1 Å². The number of esters is 1. The van der Waals surface area contributed by atoms with Crippen LogP contribution in [0, 0.1) is 11.8 Å². The van der Waals surface area contributed by atoms with Crippen molar-refractivity contribution in [2.45, 2.75) is 148 Å². The Morgan fingerprint density at radius 2 is 1.00 bits per heavy atom. The summed E-state index contributed by atoms with van der Waals surface area (Å²) in [6, 6.07) is 0. The number of hydrogen-bond donors (Lipinski definition) is 0. The Balaban J connectivity index is 1.69. The molecule has 2 atom stereocenters. The first-order chi connectivity index (χ1) is 14.3. The number of carbonyl (C=O) groups is 1. The van der Waals surface area contributed by atoms with E-state index < -0.39 is 0 Å². The monoisotopic (exact) mass is 408 g/mol. The molecule has 2 heteroatoms. The maximum atomic E-state index is 11.1. The first kappa shape index (κ1) is 26.5. The van der Waals surface area contributed by atoms with Crippen LogP contribution in [0.2, 0.25) is 0 Å². The third-order valence-corrected chi connectivity index (χ3v) is 6.93. The molecular weight excluding hydrogens is 356 g/mol. The molecule has 0 heterocycles. The van der Waals surface area contributed by atoms with Gasteiger partial charge >= 0.3 is 5.97 Å². The number of rotatable bonds is 22. The molecule has 2 nitrogen and oxygen atoms in total. The maximum absolute atomic E-state index is 11.1. The summed E-state index contributed by atoms with van der Waals surface area (Å²) >= 11 is 0. The van der Waals surface area contributed by atoms with Gasteiger partial charge < -0.3 is 4.74 Å². The summed E-state index contributed by atoms with van der Waals surface area (Å²) in [6.45, 7) is 2.30. The molecule has 172 valence electrons. The molecule has 1 aliphatic carbocycles. The molecule has 0 radical (unpaired) electrons. The van der Waals surface area contributed by atoms with Gasteiger partial charge in [0, 0.05) is 6.42 Å². The van der Waals surface area contributed by atoms with Gasteiger partial charge in [-0.3, -0.25) is 4.79 Å². The molecule has 0 bridgehead atoms. The van der Waals surface area contributed by atoms with Crippen LogP contribution in [-0.2, 0) is 9.53 Å². The Kier molecular flexibility index (Phi) is 17.8. The van der Waals surface area contributed by atoms with Gasteiger partial charge in [0.1, 0.15) is 0 Å². The third kappa shape index (κ3) is 16.9. The fourth-order valence-corrected chi connectivity index (χ4v) is 4.75. The minimum Gasteiger partial charge on any atom is -0.469 e. The fourth-order valence-electron chi connectivity index (χ4n) is 4.75. The van der Waals surface area contributed by atoms with E-state index in [1.54, 1.807) is 0 Å². The van der Waals surface area contributed by atoms with Crippen molar-refractivity contribution in [2.75, 3.05) is 7.11 Å². The Morgan fingerprint density at radius 1 is 0.621 bits per heavy atom.